The molecule has 0 aliphatic rings. The van der Waals surface area contributed by atoms with Gasteiger partial charge in [0.1, 0.15) is 6.07 Å². The van der Waals surface area contributed by atoms with Crippen molar-refractivity contribution in [2.45, 2.75) is 13.3 Å². The van der Waals surface area contributed by atoms with Gasteiger partial charge in [-0.3, -0.25) is 0 Å². The first kappa shape index (κ1) is 11.0. The minimum Gasteiger partial charge on any atom is -0.478 e. The van der Waals surface area contributed by atoms with Gasteiger partial charge in [-0.25, -0.2) is 18.6 Å². The number of nitrogens with zero attached hydrogens (tertiary/aromatic N) is 2. The van der Waals surface area contributed by atoms with Crippen LogP contribution in [0.2, 0.25) is 0 Å². The number of aromatic carboxylic acids is 1. The third kappa shape index (κ3) is 2.07. The molecule has 0 saturated heterocycles. The summed E-state index contributed by atoms with van der Waals surface area (Å²) in [4.78, 5) is 14.1. The minimum absolute atomic E-state index is 0.0356. The maximum atomic E-state index is 12.4. The molecule has 1 heterocycles. The number of pyridine rings is 1. The number of carbonyl (C=O) groups is 1. The van der Waals surface area contributed by atoms with Crippen LogP contribution in [0, 0.1) is 18.3 Å². The Bertz CT molecular complexity index is 452. The maximum Gasteiger partial charge on any atom is 0.338 e. The van der Waals surface area contributed by atoms with Gasteiger partial charge in [0.15, 0.2) is 5.69 Å². The van der Waals surface area contributed by atoms with Gasteiger partial charge < -0.3 is 5.11 Å². The van der Waals surface area contributed by atoms with Gasteiger partial charge in [-0.05, 0) is 13.0 Å². The molecule has 4 nitrogen and oxygen atoms in total. The number of carboxylic acids is 1. The van der Waals surface area contributed by atoms with E-state index in [0.29, 0.717) is 0 Å². The molecule has 0 fully saturated rings. The van der Waals surface area contributed by atoms with E-state index in [4.69, 9.17) is 10.4 Å². The Hall–Kier alpha value is -2.03. The van der Waals surface area contributed by atoms with Crippen molar-refractivity contribution in [2.24, 2.45) is 0 Å². The summed E-state index contributed by atoms with van der Waals surface area (Å²) in [6, 6.07) is 2.33. The Morgan fingerprint density at radius 1 is 1.67 bits per heavy atom. The lowest BCUT2D eigenvalue weighted by Crippen LogP contribution is -2.06. The normalized spacial score (nSPS) is 10.1. The molecule has 0 spiro atoms. The van der Waals surface area contributed by atoms with Crippen LogP contribution in [0.4, 0.5) is 8.78 Å². The zero-order valence-electron chi connectivity index (χ0n) is 7.66. The number of alkyl halides is 2. The van der Waals surface area contributed by atoms with Crippen LogP contribution < -0.4 is 0 Å². The van der Waals surface area contributed by atoms with Crippen molar-refractivity contribution >= 4 is 5.97 Å². The molecule has 0 radical (unpaired) electrons. The Balaban J connectivity index is 3.45. The first-order valence-electron chi connectivity index (χ1n) is 3.90. The maximum absolute atomic E-state index is 12.4. The van der Waals surface area contributed by atoms with E-state index in [1.807, 2.05) is 0 Å². The van der Waals surface area contributed by atoms with Crippen molar-refractivity contribution in [1.29, 1.82) is 5.26 Å². The predicted molar refractivity (Wildman–Crippen MR) is 45.6 cm³/mol. The number of hydrogen-bond acceptors (Lipinski definition) is 3. The molecule has 0 unspecified atom stereocenters. The van der Waals surface area contributed by atoms with Crippen LogP contribution in [-0.2, 0) is 0 Å². The van der Waals surface area contributed by atoms with Crippen LogP contribution in [0.1, 0.15) is 33.7 Å². The van der Waals surface area contributed by atoms with Gasteiger partial charge in [0.05, 0.1) is 5.56 Å². The second kappa shape index (κ2) is 4.00. The highest BCUT2D eigenvalue weighted by Gasteiger charge is 2.19. The van der Waals surface area contributed by atoms with Crippen molar-refractivity contribution in [1.82, 2.24) is 4.98 Å². The highest BCUT2D eigenvalue weighted by molar-refractivity contribution is 5.90. The van der Waals surface area contributed by atoms with Gasteiger partial charge in [0, 0.05) is 11.3 Å². The summed E-state index contributed by atoms with van der Waals surface area (Å²) in [6.07, 6.45) is -2.80. The molecule has 0 amide bonds. The van der Waals surface area contributed by atoms with E-state index in [0.717, 1.165) is 6.07 Å². The number of aromatic nitrogens is 1. The third-order valence-corrected chi connectivity index (χ3v) is 1.82. The number of hydrogen-bond donors (Lipinski definition) is 1. The third-order valence-electron chi connectivity index (χ3n) is 1.82. The molecule has 6 heteroatoms. The van der Waals surface area contributed by atoms with E-state index in [9.17, 15) is 13.6 Å². The first-order chi connectivity index (χ1) is 6.97. The molecule has 0 aliphatic carbocycles. The number of halogens is 2. The van der Waals surface area contributed by atoms with Gasteiger partial charge >= 0.3 is 5.97 Å². The van der Waals surface area contributed by atoms with E-state index >= 15 is 0 Å². The van der Waals surface area contributed by atoms with E-state index in [1.54, 1.807) is 6.07 Å². The molecule has 0 aromatic carbocycles. The lowest BCUT2D eigenvalue weighted by Gasteiger charge is -2.06. The molecular formula is C9H6F2N2O2. The van der Waals surface area contributed by atoms with Crippen molar-refractivity contribution in [3.63, 3.8) is 0 Å². The van der Waals surface area contributed by atoms with Crippen LogP contribution >= 0.6 is 0 Å². The average molecular weight is 212 g/mol. The zero-order chi connectivity index (χ0) is 11.6. The van der Waals surface area contributed by atoms with Crippen LogP contribution in [0.25, 0.3) is 0 Å². The smallest absolute Gasteiger partial charge is 0.338 e. The predicted octanol–water partition coefficient (Wildman–Crippen LogP) is 1.90. The fraction of sp³-hybridized carbons (Fsp3) is 0.222. The fourth-order valence-electron chi connectivity index (χ4n) is 1.09. The SMILES string of the molecule is Cc1nc(C#N)c(C(=O)O)cc1C(F)F. The number of aryl methyl sites for hydroxylation is 1. The van der Waals surface area contributed by atoms with Gasteiger partial charge in [-0.15, -0.1) is 0 Å². The monoisotopic (exact) mass is 212 g/mol. The summed E-state index contributed by atoms with van der Waals surface area (Å²) in [6.45, 7) is 1.30. The van der Waals surface area contributed by atoms with Crippen molar-refractivity contribution in [3.05, 3.63) is 28.6 Å². The zero-order valence-corrected chi connectivity index (χ0v) is 7.66. The Morgan fingerprint density at radius 2 is 2.27 bits per heavy atom. The molecule has 1 aromatic rings. The second-order valence-corrected chi connectivity index (χ2v) is 2.78. The van der Waals surface area contributed by atoms with Crippen molar-refractivity contribution < 1.29 is 18.7 Å². The summed E-state index contributed by atoms with van der Waals surface area (Å²) in [5, 5.41) is 17.2. The molecule has 0 atom stereocenters. The second-order valence-electron chi connectivity index (χ2n) is 2.78. The fourth-order valence-corrected chi connectivity index (χ4v) is 1.09. The first-order valence-corrected chi connectivity index (χ1v) is 3.90. The molecule has 1 aromatic heterocycles. The largest absolute Gasteiger partial charge is 0.478 e. The van der Waals surface area contributed by atoms with Crippen molar-refractivity contribution in [2.75, 3.05) is 0 Å². The summed E-state index contributed by atoms with van der Waals surface area (Å²) in [5.74, 6) is -1.44. The molecular weight excluding hydrogens is 206 g/mol. The number of nitriles is 1. The van der Waals surface area contributed by atoms with E-state index < -0.39 is 23.5 Å². The Morgan fingerprint density at radius 3 is 2.67 bits per heavy atom. The van der Waals surface area contributed by atoms with E-state index in [2.05, 4.69) is 4.98 Å². The van der Waals surface area contributed by atoms with Crippen LogP contribution in [-0.4, -0.2) is 16.1 Å². The molecule has 0 saturated carbocycles. The summed E-state index contributed by atoms with van der Waals surface area (Å²) < 4.78 is 24.8. The average Bonchev–Trinajstić information content (AvgIpc) is 2.16. The molecule has 0 aliphatic heterocycles. The van der Waals surface area contributed by atoms with Crippen LogP contribution in [0.15, 0.2) is 6.07 Å². The standard InChI is InChI=1S/C9H6F2N2O2/c1-4-5(8(10)11)2-6(9(14)15)7(3-12)13-4/h2,8H,1H3,(H,14,15). The molecule has 78 valence electrons. The van der Waals surface area contributed by atoms with Gasteiger partial charge in [0.25, 0.3) is 6.43 Å². The molecule has 0 bridgehead atoms. The van der Waals surface area contributed by atoms with E-state index in [1.165, 1.54) is 6.92 Å². The highest BCUT2D eigenvalue weighted by atomic mass is 19.3. The van der Waals surface area contributed by atoms with E-state index in [-0.39, 0.29) is 11.4 Å². The van der Waals surface area contributed by atoms with Crippen molar-refractivity contribution in [3.8, 4) is 6.07 Å². The molecule has 1 rings (SSSR count). The van der Waals surface area contributed by atoms with Crippen LogP contribution in [0.5, 0.6) is 0 Å². The molecule has 15 heavy (non-hydrogen) atoms. The lowest BCUT2D eigenvalue weighted by atomic mass is 10.1. The summed E-state index contributed by atoms with van der Waals surface area (Å²) >= 11 is 0. The quantitative estimate of drug-likeness (QED) is 0.812. The lowest BCUT2D eigenvalue weighted by molar-refractivity contribution is 0.0695. The minimum atomic E-state index is -2.80. The topological polar surface area (TPSA) is 74.0 Å². The number of carboxylic acid groups (broad SMARTS) is 1. The highest BCUT2D eigenvalue weighted by Crippen LogP contribution is 2.23. The molecule has 1 N–H and O–H groups in total. The Labute approximate surface area is 83.8 Å². The van der Waals surface area contributed by atoms with Gasteiger partial charge in [0.2, 0.25) is 0 Å². The van der Waals surface area contributed by atoms with Gasteiger partial charge in [-0.1, -0.05) is 0 Å². The van der Waals surface area contributed by atoms with Crippen LogP contribution in [0.3, 0.4) is 0 Å². The summed E-state index contributed by atoms with van der Waals surface area (Å²) in [5.41, 5.74) is -1.36. The summed E-state index contributed by atoms with van der Waals surface area (Å²) in [7, 11) is 0. The van der Waals surface area contributed by atoms with Gasteiger partial charge in [-0.2, -0.15) is 5.26 Å². The Kier molecular flexibility index (Phi) is 2.95. The number of rotatable bonds is 2.